The van der Waals surface area contributed by atoms with Crippen molar-refractivity contribution >= 4 is 35.1 Å². The summed E-state index contributed by atoms with van der Waals surface area (Å²) in [5.41, 5.74) is 2.57. The molecule has 0 saturated carbocycles. The molecule has 37 heavy (non-hydrogen) atoms. The Morgan fingerprint density at radius 3 is 2.14 bits per heavy atom. The average molecular weight is 541 g/mol. The molecule has 194 valence electrons. The molecule has 1 fully saturated rings. The minimum atomic E-state index is -0.805. The second-order valence-electron chi connectivity index (χ2n) is 8.95. The van der Waals surface area contributed by atoms with Crippen LogP contribution in [-0.4, -0.2) is 40.5 Å². The molecule has 0 spiro atoms. The summed E-state index contributed by atoms with van der Waals surface area (Å²) in [6, 6.07) is 17.1. The van der Waals surface area contributed by atoms with Gasteiger partial charge in [-0.1, -0.05) is 60.8 Å². The summed E-state index contributed by atoms with van der Waals surface area (Å²) in [4.78, 5) is 33.2. The van der Waals surface area contributed by atoms with Gasteiger partial charge in [0.1, 0.15) is 18.2 Å². The van der Waals surface area contributed by atoms with E-state index in [2.05, 4.69) is 4.98 Å². The lowest BCUT2D eigenvalue weighted by atomic mass is 9.88. The van der Waals surface area contributed by atoms with Gasteiger partial charge in [-0.25, -0.2) is 4.79 Å². The zero-order chi connectivity index (χ0) is 26.4. The van der Waals surface area contributed by atoms with Crippen LogP contribution in [0.4, 0.5) is 0 Å². The first kappa shape index (κ1) is 27.1. The van der Waals surface area contributed by atoms with E-state index in [1.54, 1.807) is 48.5 Å². The number of aromatic nitrogens is 1. The van der Waals surface area contributed by atoms with Crippen molar-refractivity contribution in [3.05, 3.63) is 99.8 Å². The quantitative estimate of drug-likeness (QED) is 0.295. The van der Waals surface area contributed by atoms with E-state index in [1.807, 2.05) is 43.3 Å². The zero-order valence-electron chi connectivity index (χ0n) is 20.8. The topological polar surface area (TPSA) is 68.7 Å². The summed E-state index contributed by atoms with van der Waals surface area (Å²) in [5.74, 6) is -0.676. The summed E-state index contributed by atoms with van der Waals surface area (Å²) in [5, 5.41) is 1.17. The summed E-state index contributed by atoms with van der Waals surface area (Å²) >= 11 is 12.4. The highest BCUT2D eigenvalue weighted by molar-refractivity contribution is 6.30. The SMILES string of the molecule is CCCC(C(=O)OCC)N1C(=O)C(Cc2ccncc2)OC(c2ccc(Cl)cc2)C1c1ccc(Cl)cc1. The van der Waals surface area contributed by atoms with Crippen LogP contribution >= 0.6 is 23.2 Å². The number of hydrogen-bond acceptors (Lipinski definition) is 5. The Balaban J connectivity index is 1.86. The molecule has 0 N–H and O–H groups in total. The molecule has 1 amide bonds. The van der Waals surface area contributed by atoms with Gasteiger partial charge in [0, 0.05) is 28.9 Å². The number of carbonyl (C=O) groups is 2. The number of rotatable bonds is 9. The van der Waals surface area contributed by atoms with E-state index in [0.717, 1.165) is 16.7 Å². The zero-order valence-corrected chi connectivity index (χ0v) is 22.4. The third-order valence-corrected chi connectivity index (χ3v) is 6.97. The van der Waals surface area contributed by atoms with Crippen LogP contribution in [0.1, 0.15) is 55.5 Å². The van der Waals surface area contributed by atoms with Gasteiger partial charge in [0.25, 0.3) is 5.91 Å². The fourth-order valence-electron chi connectivity index (χ4n) is 4.77. The molecular weight excluding hydrogens is 511 g/mol. The Morgan fingerprint density at radius 2 is 1.57 bits per heavy atom. The van der Waals surface area contributed by atoms with Crippen molar-refractivity contribution in [3.8, 4) is 0 Å². The van der Waals surface area contributed by atoms with E-state index in [0.29, 0.717) is 29.3 Å². The predicted molar refractivity (Wildman–Crippen MR) is 143 cm³/mol. The van der Waals surface area contributed by atoms with Gasteiger partial charge in [0.15, 0.2) is 0 Å². The van der Waals surface area contributed by atoms with Crippen LogP contribution in [0.3, 0.4) is 0 Å². The summed E-state index contributed by atoms with van der Waals surface area (Å²) in [6.07, 6.45) is 3.51. The van der Waals surface area contributed by atoms with E-state index in [4.69, 9.17) is 32.7 Å². The summed E-state index contributed by atoms with van der Waals surface area (Å²) in [7, 11) is 0. The van der Waals surface area contributed by atoms with Gasteiger partial charge in [0.05, 0.1) is 12.6 Å². The lowest BCUT2D eigenvalue weighted by Crippen LogP contribution is -2.57. The van der Waals surface area contributed by atoms with Crippen molar-refractivity contribution in [2.24, 2.45) is 0 Å². The van der Waals surface area contributed by atoms with Crippen molar-refractivity contribution in [1.82, 2.24) is 9.88 Å². The van der Waals surface area contributed by atoms with Gasteiger partial charge < -0.3 is 14.4 Å². The molecule has 2 aromatic carbocycles. The smallest absolute Gasteiger partial charge is 0.328 e. The van der Waals surface area contributed by atoms with E-state index in [-0.39, 0.29) is 12.5 Å². The minimum absolute atomic E-state index is 0.226. The number of amides is 1. The highest BCUT2D eigenvalue weighted by Crippen LogP contribution is 2.44. The van der Waals surface area contributed by atoms with Gasteiger partial charge in [-0.3, -0.25) is 9.78 Å². The molecule has 3 aromatic rings. The van der Waals surface area contributed by atoms with Crippen LogP contribution in [0, 0.1) is 0 Å². The number of nitrogens with zero attached hydrogens (tertiary/aromatic N) is 2. The maximum atomic E-state index is 14.2. The summed E-state index contributed by atoms with van der Waals surface area (Å²) < 4.78 is 12.0. The molecule has 1 saturated heterocycles. The van der Waals surface area contributed by atoms with Gasteiger partial charge in [-0.05, 0) is 66.4 Å². The Morgan fingerprint density at radius 1 is 0.973 bits per heavy atom. The van der Waals surface area contributed by atoms with Crippen LogP contribution < -0.4 is 0 Å². The van der Waals surface area contributed by atoms with Crippen molar-refractivity contribution in [3.63, 3.8) is 0 Å². The predicted octanol–water partition coefficient (Wildman–Crippen LogP) is 6.37. The molecule has 1 aromatic heterocycles. The maximum Gasteiger partial charge on any atom is 0.328 e. The molecule has 4 unspecified atom stereocenters. The second-order valence-corrected chi connectivity index (χ2v) is 9.83. The summed E-state index contributed by atoms with van der Waals surface area (Å²) in [6.45, 7) is 3.98. The minimum Gasteiger partial charge on any atom is -0.464 e. The highest BCUT2D eigenvalue weighted by atomic mass is 35.5. The lowest BCUT2D eigenvalue weighted by Gasteiger charge is -2.47. The molecule has 8 heteroatoms. The van der Waals surface area contributed by atoms with Crippen LogP contribution in [-0.2, 0) is 25.5 Å². The maximum absolute atomic E-state index is 14.2. The highest BCUT2D eigenvalue weighted by Gasteiger charge is 2.48. The lowest BCUT2D eigenvalue weighted by molar-refractivity contribution is -0.186. The normalized spacial score (nSPS) is 20.5. The van der Waals surface area contributed by atoms with Crippen molar-refractivity contribution < 1.29 is 19.1 Å². The van der Waals surface area contributed by atoms with Gasteiger partial charge in [-0.2, -0.15) is 0 Å². The standard InChI is InChI=1S/C29H30Cl2N2O4/c1-3-5-24(29(35)36-4-2)33-26(20-6-10-22(30)11-7-20)27(21-8-12-23(31)13-9-21)37-25(28(33)34)18-19-14-16-32-17-15-19/h6-17,24-27H,3-5,18H2,1-2H3. The largest absolute Gasteiger partial charge is 0.464 e. The van der Waals surface area contributed by atoms with E-state index in [9.17, 15) is 9.59 Å². The Hall–Kier alpha value is -2.93. The average Bonchev–Trinajstić information content (AvgIpc) is 2.90. The fourth-order valence-corrected chi connectivity index (χ4v) is 5.02. The monoisotopic (exact) mass is 540 g/mol. The molecule has 6 nitrogen and oxygen atoms in total. The molecule has 4 atom stereocenters. The number of halogens is 2. The number of hydrogen-bond donors (Lipinski definition) is 0. The second kappa shape index (κ2) is 12.5. The Bertz CT molecular complexity index is 1190. The Kier molecular flexibility index (Phi) is 9.19. The first-order chi connectivity index (χ1) is 17.9. The number of ether oxygens (including phenoxy) is 2. The third-order valence-electron chi connectivity index (χ3n) is 6.46. The van der Waals surface area contributed by atoms with Crippen LogP contribution in [0.15, 0.2) is 73.1 Å². The third kappa shape index (κ3) is 6.32. The molecule has 0 aliphatic carbocycles. The van der Waals surface area contributed by atoms with Crippen LogP contribution in [0.25, 0.3) is 0 Å². The number of esters is 1. The van der Waals surface area contributed by atoms with Crippen LogP contribution in [0.2, 0.25) is 10.0 Å². The number of benzene rings is 2. The first-order valence-electron chi connectivity index (χ1n) is 12.5. The van der Waals surface area contributed by atoms with Gasteiger partial charge in [-0.15, -0.1) is 0 Å². The molecule has 2 heterocycles. The van der Waals surface area contributed by atoms with E-state index < -0.39 is 30.3 Å². The first-order valence-corrected chi connectivity index (χ1v) is 13.2. The van der Waals surface area contributed by atoms with Crippen LogP contribution in [0.5, 0.6) is 0 Å². The van der Waals surface area contributed by atoms with Crippen molar-refractivity contribution in [1.29, 1.82) is 0 Å². The van der Waals surface area contributed by atoms with E-state index in [1.165, 1.54) is 0 Å². The fraction of sp³-hybridized carbons (Fsp3) is 0.345. The van der Waals surface area contributed by atoms with Crippen molar-refractivity contribution in [2.45, 2.75) is 57.4 Å². The number of carbonyl (C=O) groups excluding carboxylic acids is 2. The molecule has 1 aliphatic heterocycles. The molecule has 4 rings (SSSR count). The molecule has 0 bridgehead atoms. The van der Waals surface area contributed by atoms with Gasteiger partial charge >= 0.3 is 5.97 Å². The number of morpholine rings is 1. The van der Waals surface area contributed by atoms with Gasteiger partial charge in [0.2, 0.25) is 0 Å². The Labute approximate surface area is 227 Å². The number of pyridine rings is 1. The molecular formula is C29H30Cl2N2O4. The molecule has 0 radical (unpaired) electrons. The van der Waals surface area contributed by atoms with Crippen molar-refractivity contribution in [2.75, 3.05) is 6.61 Å². The molecule has 1 aliphatic rings. The van der Waals surface area contributed by atoms with E-state index >= 15 is 0 Å².